The van der Waals surface area contributed by atoms with Gasteiger partial charge in [0, 0.05) is 30.9 Å². The molecule has 0 saturated heterocycles. The molecule has 3 aromatic rings. The monoisotopic (exact) mass is 475 g/mol. The summed E-state index contributed by atoms with van der Waals surface area (Å²) in [6.45, 7) is 6.83. The number of hydrogen-bond acceptors (Lipinski definition) is 6. The molecule has 0 spiro atoms. The van der Waals surface area contributed by atoms with Crippen LogP contribution in [0.4, 0.5) is 4.79 Å². The highest BCUT2D eigenvalue weighted by Gasteiger charge is 2.24. The molecule has 2 aromatic heterocycles. The summed E-state index contributed by atoms with van der Waals surface area (Å²) in [4.78, 5) is 38.2. The number of nitrogens with zero attached hydrogens (tertiary/aromatic N) is 3. The lowest BCUT2D eigenvalue weighted by Crippen LogP contribution is -2.37. The first-order valence-electron chi connectivity index (χ1n) is 12.2. The number of amides is 2. The van der Waals surface area contributed by atoms with E-state index in [1.165, 1.54) is 0 Å². The molecular weight excluding hydrogens is 442 g/mol. The molecule has 1 fully saturated rings. The molecule has 0 radical (unpaired) electrons. The summed E-state index contributed by atoms with van der Waals surface area (Å²) in [6, 6.07) is 9.43. The van der Waals surface area contributed by atoms with Gasteiger partial charge in [-0.3, -0.25) is 14.8 Å². The summed E-state index contributed by atoms with van der Waals surface area (Å²) in [6.07, 6.45) is 8.58. The molecule has 4 rings (SSSR count). The van der Waals surface area contributed by atoms with Crippen LogP contribution >= 0.6 is 0 Å². The maximum absolute atomic E-state index is 13.2. The maximum Gasteiger partial charge on any atom is 0.407 e. The molecule has 2 amide bonds. The van der Waals surface area contributed by atoms with Gasteiger partial charge in [0.1, 0.15) is 11.3 Å². The van der Waals surface area contributed by atoms with Gasteiger partial charge in [0.25, 0.3) is 5.91 Å². The fourth-order valence-electron chi connectivity index (χ4n) is 4.44. The third-order valence-electron chi connectivity index (χ3n) is 6.24. The quantitative estimate of drug-likeness (QED) is 0.533. The van der Waals surface area contributed by atoms with E-state index in [0.717, 1.165) is 36.6 Å². The SMILES string of the molecule is CC(C)(C)OC(=O)NCC1CCC(CNC(=O)c2cc(-c3cnccn3)nc3ccccc23)CC1. The van der Waals surface area contributed by atoms with E-state index in [4.69, 9.17) is 4.74 Å². The number of alkyl carbamates (subject to hydrolysis) is 1. The summed E-state index contributed by atoms with van der Waals surface area (Å²) in [5.74, 6) is 0.750. The molecule has 0 bridgehead atoms. The zero-order valence-electron chi connectivity index (χ0n) is 20.6. The Labute approximate surface area is 205 Å². The van der Waals surface area contributed by atoms with Crippen molar-refractivity contribution in [3.05, 3.63) is 54.5 Å². The van der Waals surface area contributed by atoms with Gasteiger partial charge in [0.15, 0.2) is 0 Å². The van der Waals surface area contributed by atoms with E-state index in [2.05, 4.69) is 25.6 Å². The number of carbonyl (C=O) groups is 2. The van der Waals surface area contributed by atoms with Crippen molar-refractivity contribution in [3.63, 3.8) is 0 Å². The van der Waals surface area contributed by atoms with Crippen molar-refractivity contribution in [2.45, 2.75) is 52.1 Å². The van der Waals surface area contributed by atoms with E-state index in [-0.39, 0.29) is 12.0 Å². The van der Waals surface area contributed by atoms with Crippen molar-refractivity contribution in [1.82, 2.24) is 25.6 Å². The van der Waals surface area contributed by atoms with Crippen LogP contribution in [0.15, 0.2) is 48.9 Å². The van der Waals surface area contributed by atoms with Crippen molar-refractivity contribution in [2.24, 2.45) is 11.8 Å². The summed E-state index contributed by atoms with van der Waals surface area (Å²) < 4.78 is 5.31. The number of carbonyl (C=O) groups excluding carboxylic acids is 2. The number of para-hydroxylation sites is 1. The van der Waals surface area contributed by atoms with Gasteiger partial charge in [-0.1, -0.05) is 18.2 Å². The first-order valence-corrected chi connectivity index (χ1v) is 12.2. The van der Waals surface area contributed by atoms with Crippen LogP contribution in [0.5, 0.6) is 0 Å². The second-order valence-corrected chi connectivity index (χ2v) is 10.1. The summed E-state index contributed by atoms with van der Waals surface area (Å²) in [7, 11) is 0. The normalized spacial score (nSPS) is 18.1. The fourth-order valence-corrected chi connectivity index (χ4v) is 4.44. The molecule has 1 aromatic carbocycles. The highest BCUT2D eigenvalue weighted by atomic mass is 16.6. The molecule has 35 heavy (non-hydrogen) atoms. The third kappa shape index (κ3) is 6.74. The minimum Gasteiger partial charge on any atom is -0.444 e. The summed E-state index contributed by atoms with van der Waals surface area (Å²) in [5, 5.41) is 6.84. The number of nitrogens with one attached hydrogen (secondary N) is 2. The minimum atomic E-state index is -0.491. The second-order valence-electron chi connectivity index (χ2n) is 10.1. The minimum absolute atomic E-state index is 0.109. The molecule has 184 valence electrons. The molecule has 8 heteroatoms. The van der Waals surface area contributed by atoms with E-state index >= 15 is 0 Å². The van der Waals surface area contributed by atoms with Crippen LogP contribution in [0.2, 0.25) is 0 Å². The smallest absolute Gasteiger partial charge is 0.407 e. The average molecular weight is 476 g/mol. The molecule has 0 unspecified atom stereocenters. The molecule has 1 aliphatic carbocycles. The van der Waals surface area contributed by atoms with Crippen LogP contribution in [0.3, 0.4) is 0 Å². The Bertz CT molecular complexity index is 1170. The molecule has 1 saturated carbocycles. The summed E-state index contributed by atoms with van der Waals surface area (Å²) in [5.41, 5.74) is 2.10. The van der Waals surface area contributed by atoms with Gasteiger partial charge in [0.2, 0.25) is 0 Å². The second kappa shape index (κ2) is 10.8. The zero-order valence-corrected chi connectivity index (χ0v) is 20.6. The molecule has 0 aliphatic heterocycles. The molecule has 0 atom stereocenters. The Kier molecular flexibility index (Phi) is 7.58. The predicted octanol–water partition coefficient (Wildman–Crippen LogP) is 4.75. The van der Waals surface area contributed by atoms with E-state index in [1.807, 2.05) is 45.0 Å². The van der Waals surface area contributed by atoms with Crippen molar-refractivity contribution in [3.8, 4) is 11.4 Å². The number of rotatable bonds is 6. The van der Waals surface area contributed by atoms with E-state index in [0.29, 0.717) is 41.9 Å². The number of aromatic nitrogens is 3. The largest absolute Gasteiger partial charge is 0.444 e. The number of hydrogen-bond donors (Lipinski definition) is 2. The van der Waals surface area contributed by atoms with Crippen LogP contribution in [0, 0.1) is 11.8 Å². The topological polar surface area (TPSA) is 106 Å². The number of benzene rings is 1. The van der Waals surface area contributed by atoms with Gasteiger partial charge in [0.05, 0.1) is 23.0 Å². The van der Waals surface area contributed by atoms with Gasteiger partial charge >= 0.3 is 6.09 Å². The molecule has 8 nitrogen and oxygen atoms in total. The van der Waals surface area contributed by atoms with Crippen LogP contribution in [0.25, 0.3) is 22.3 Å². The predicted molar refractivity (Wildman–Crippen MR) is 135 cm³/mol. The highest BCUT2D eigenvalue weighted by molar-refractivity contribution is 6.07. The number of ether oxygens (including phenoxy) is 1. The van der Waals surface area contributed by atoms with Crippen molar-refractivity contribution in [1.29, 1.82) is 0 Å². The Hall–Kier alpha value is -3.55. The first-order chi connectivity index (χ1) is 16.8. The fraction of sp³-hybridized carbons (Fsp3) is 0.444. The average Bonchev–Trinajstić information content (AvgIpc) is 2.85. The van der Waals surface area contributed by atoms with Crippen molar-refractivity contribution in [2.75, 3.05) is 13.1 Å². The van der Waals surface area contributed by atoms with Crippen LogP contribution in [-0.2, 0) is 4.74 Å². The molecular formula is C27H33N5O3. The van der Waals surface area contributed by atoms with E-state index in [1.54, 1.807) is 24.7 Å². The lowest BCUT2D eigenvalue weighted by atomic mass is 9.82. The first kappa shape index (κ1) is 24.6. The van der Waals surface area contributed by atoms with Crippen LogP contribution in [-0.4, -0.2) is 45.6 Å². The Morgan fingerprint density at radius 2 is 1.66 bits per heavy atom. The standard InChI is InChI=1S/C27H33N5O3/c1-27(2,3)35-26(34)31-16-19-10-8-18(9-11-19)15-30-25(33)21-14-23(24-17-28-12-13-29-24)32-22-7-5-4-6-20(21)22/h4-7,12-14,17-19H,8-11,15-16H2,1-3H3,(H,30,33)(H,31,34). The maximum atomic E-state index is 13.2. The Morgan fingerprint density at radius 3 is 2.31 bits per heavy atom. The number of pyridine rings is 1. The lowest BCUT2D eigenvalue weighted by molar-refractivity contribution is 0.0512. The van der Waals surface area contributed by atoms with Crippen molar-refractivity contribution >= 4 is 22.9 Å². The Balaban J connectivity index is 1.33. The third-order valence-corrected chi connectivity index (χ3v) is 6.24. The van der Waals surface area contributed by atoms with E-state index < -0.39 is 5.60 Å². The molecule has 1 aliphatic rings. The van der Waals surface area contributed by atoms with Crippen molar-refractivity contribution < 1.29 is 14.3 Å². The van der Waals surface area contributed by atoms with Gasteiger partial charge in [-0.2, -0.15) is 0 Å². The van der Waals surface area contributed by atoms with Gasteiger partial charge in [-0.05, 0) is 70.4 Å². The van der Waals surface area contributed by atoms with Crippen LogP contribution < -0.4 is 10.6 Å². The van der Waals surface area contributed by atoms with Gasteiger partial charge < -0.3 is 15.4 Å². The lowest BCUT2D eigenvalue weighted by Gasteiger charge is -2.29. The molecule has 2 heterocycles. The van der Waals surface area contributed by atoms with Gasteiger partial charge in [-0.15, -0.1) is 0 Å². The summed E-state index contributed by atoms with van der Waals surface area (Å²) >= 11 is 0. The highest BCUT2D eigenvalue weighted by Crippen LogP contribution is 2.28. The van der Waals surface area contributed by atoms with E-state index in [9.17, 15) is 9.59 Å². The molecule has 2 N–H and O–H groups in total. The number of fused-ring (bicyclic) bond motifs is 1. The van der Waals surface area contributed by atoms with Gasteiger partial charge in [-0.25, -0.2) is 9.78 Å². The van der Waals surface area contributed by atoms with Crippen LogP contribution in [0.1, 0.15) is 56.8 Å². The zero-order chi connectivity index (χ0) is 24.8. The Morgan fingerprint density at radius 1 is 0.971 bits per heavy atom.